The smallest absolute Gasteiger partial charge is 0.157 e. The Balaban J connectivity index is 1.29. The van der Waals surface area contributed by atoms with Gasteiger partial charge in [0, 0.05) is 5.92 Å². The Hall–Kier alpha value is -0.670. The van der Waals surface area contributed by atoms with Gasteiger partial charge < -0.3 is 9.47 Å². The molecular weight excluding hydrogens is 327 g/mol. The number of unbranched alkanes of at least 4 members (excludes halogenated alkanes) is 1. The minimum Gasteiger partial charge on any atom is -0.352 e. The first-order chi connectivity index (χ1) is 12.7. The van der Waals surface area contributed by atoms with E-state index in [-0.39, 0.29) is 12.1 Å². The Kier molecular flexibility index (Phi) is 8.19. The quantitative estimate of drug-likeness (QED) is 0.476. The van der Waals surface area contributed by atoms with Crippen LogP contribution in [0, 0.1) is 23.7 Å². The molecule has 2 fully saturated rings. The summed E-state index contributed by atoms with van der Waals surface area (Å²) in [6.07, 6.45) is 19.0. The van der Waals surface area contributed by atoms with E-state index in [0.29, 0.717) is 12.3 Å². The van der Waals surface area contributed by atoms with E-state index in [1.165, 1.54) is 38.5 Å². The Labute approximate surface area is 159 Å². The fourth-order valence-corrected chi connectivity index (χ4v) is 4.86. The van der Waals surface area contributed by atoms with Crippen molar-refractivity contribution in [2.75, 3.05) is 13.2 Å². The maximum atomic E-state index is 13.2. The summed E-state index contributed by atoms with van der Waals surface area (Å²) in [5.41, 5.74) is 0. The average molecular weight is 365 g/mol. The van der Waals surface area contributed by atoms with Gasteiger partial charge in [-0.15, -0.1) is 0 Å². The van der Waals surface area contributed by atoms with Crippen LogP contribution in [0.25, 0.3) is 0 Å². The van der Waals surface area contributed by atoms with Gasteiger partial charge in [-0.2, -0.15) is 0 Å². The van der Waals surface area contributed by atoms with Crippen LogP contribution in [0.4, 0.5) is 4.39 Å². The molecule has 0 radical (unpaired) electrons. The molecule has 2 aliphatic carbocycles. The Bertz CT molecular complexity index is 457. The van der Waals surface area contributed by atoms with Gasteiger partial charge in [0.1, 0.15) is 0 Å². The van der Waals surface area contributed by atoms with Crippen LogP contribution in [0.1, 0.15) is 77.6 Å². The van der Waals surface area contributed by atoms with Crippen LogP contribution < -0.4 is 0 Å². The molecule has 0 amide bonds. The van der Waals surface area contributed by atoms with Gasteiger partial charge in [-0.05, 0) is 69.1 Å². The minimum absolute atomic E-state index is 0.00926. The van der Waals surface area contributed by atoms with Crippen molar-refractivity contribution >= 4 is 0 Å². The van der Waals surface area contributed by atoms with Gasteiger partial charge in [-0.1, -0.05) is 44.4 Å². The number of allylic oxidation sites excluding steroid dienone is 3. The molecule has 1 atom stereocenters. The standard InChI is InChI=1S/C23H37FO2/c1-2-3-4-5-19-16-25-23(26-17-19)15-8-18-6-9-20(10-7-18)21-11-13-22(24)14-12-21/h4-5,13,18-21,23H,2-3,6-12,14-17H2,1H3/b5-4+. The number of hydrogen-bond donors (Lipinski definition) is 0. The van der Waals surface area contributed by atoms with Crippen LogP contribution in [0.5, 0.6) is 0 Å². The van der Waals surface area contributed by atoms with Crippen LogP contribution in [-0.4, -0.2) is 19.5 Å². The monoisotopic (exact) mass is 364 g/mol. The maximum Gasteiger partial charge on any atom is 0.157 e. The van der Waals surface area contributed by atoms with Crippen molar-refractivity contribution in [2.24, 2.45) is 23.7 Å². The first kappa shape index (κ1) is 20.1. The number of halogens is 1. The highest BCUT2D eigenvalue weighted by Crippen LogP contribution is 2.41. The molecule has 1 saturated heterocycles. The van der Waals surface area contributed by atoms with Crippen LogP contribution in [0.3, 0.4) is 0 Å². The lowest BCUT2D eigenvalue weighted by Gasteiger charge is -2.35. The lowest BCUT2D eigenvalue weighted by atomic mass is 9.71. The summed E-state index contributed by atoms with van der Waals surface area (Å²) in [5, 5.41) is 0. The number of hydrogen-bond acceptors (Lipinski definition) is 2. The molecule has 1 aliphatic heterocycles. The van der Waals surface area contributed by atoms with Crippen LogP contribution >= 0.6 is 0 Å². The average Bonchev–Trinajstić information content (AvgIpc) is 2.69. The van der Waals surface area contributed by atoms with Crippen molar-refractivity contribution in [3.8, 4) is 0 Å². The molecular formula is C23H37FO2. The molecule has 26 heavy (non-hydrogen) atoms. The molecule has 2 nitrogen and oxygen atoms in total. The van der Waals surface area contributed by atoms with Crippen molar-refractivity contribution in [1.82, 2.24) is 0 Å². The van der Waals surface area contributed by atoms with Gasteiger partial charge in [0.25, 0.3) is 0 Å². The van der Waals surface area contributed by atoms with Gasteiger partial charge in [0.05, 0.1) is 19.0 Å². The van der Waals surface area contributed by atoms with E-state index in [1.54, 1.807) is 0 Å². The summed E-state index contributed by atoms with van der Waals surface area (Å²) in [6.45, 7) is 3.82. The third kappa shape index (κ3) is 6.20. The Morgan fingerprint density at radius 1 is 1.04 bits per heavy atom. The zero-order valence-electron chi connectivity index (χ0n) is 16.5. The van der Waals surface area contributed by atoms with E-state index in [4.69, 9.17) is 9.47 Å². The van der Waals surface area contributed by atoms with Gasteiger partial charge in [-0.25, -0.2) is 4.39 Å². The molecule has 1 heterocycles. The van der Waals surface area contributed by atoms with Gasteiger partial charge in [-0.3, -0.25) is 0 Å². The third-order valence-electron chi connectivity index (χ3n) is 6.62. The second kappa shape index (κ2) is 10.6. The summed E-state index contributed by atoms with van der Waals surface area (Å²) in [6, 6.07) is 0. The molecule has 3 heteroatoms. The molecule has 1 unspecified atom stereocenters. The summed E-state index contributed by atoms with van der Waals surface area (Å²) in [4.78, 5) is 0. The second-order valence-corrected chi connectivity index (χ2v) is 8.62. The van der Waals surface area contributed by atoms with Crippen LogP contribution in [0.2, 0.25) is 0 Å². The summed E-state index contributed by atoms with van der Waals surface area (Å²) >= 11 is 0. The third-order valence-corrected chi connectivity index (χ3v) is 6.62. The van der Waals surface area contributed by atoms with E-state index in [0.717, 1.165) is 56.7 Å². The van der Waals surface area contributed by atoms with E-state index >= 15 is 0 Å². The lowest BCUT2D eigenvalue weighted by Crippen LogP contribution is -2.31. The van der Waals surface area contributed by atoms with E-state index < -0.39 is 0 Å². The summed E-state index contributed by atoms with van der Waals surface area (Å²) in [5.74, 6) is 2.94. The molecule has 0 bridgehead atoms. The molecule has 0 spiro atoms. The molecule has 1 saturated carbocycles. The van der Waals surface area contributed by atoms with Crippen LogP contribution in [0.15, 0.2) is 24.1 Å². The lowest BCUT2D eigenvalue weighted by molar-refractivity contribution is -0.197. The second-order valence-electron chi connectivity index (χ2n) is 8.62. The first-order valence-corrected chi connectivity index (χ1v) is 11.0. The number of rotatable bonds is 7. The largest absolute Gasteiger partial charge is 0.352 e. The van der Waals surface area contributed by atoms with Crippen LogP contribution in [-0.2, 0) is 9.47 Å². The highest BCUT2D eigenvalue weighted by Gasteiger charge is 2.29. The molecule has 3 rings (SSSR count). The van der Waals surface area contributed by atoms with E-state index in [9.17, 15) is 4.39 Å². The van der Waals surface area contributed by atoms with Gasteiger partial charge in [0.15, 0.2) is 6.29 Å². The number of ether oxygens (including phenoxy) is 2. The van der Waals surface area contributed by atoms with Crippen molar-refractivity contribution in [2.45, 2.75) is 83.8 Å². The Morgan fingerprint density at radius 3 is 2.46 bits per heavy atom. The molecule has 0 aromatic rings. The zero-order chi connectivity index (χ0) is 18.2. The fraction of sp³-hybridized carbons (Fsp3) is 0.826. The Morgan fingerprint density at radius 2 is 1.81 bits per heavy atom. The first-order valence-electron chi connectivity index (χ1n) is 11.0. The molecule has 0 aromatic carbocycles. The van der Waals surface area contributed by atoms with Gasteiger partial charge in [0.2, 0.25) is 0 Å². The minimum atomic E-state index is 0.00926. The van der Waals surface area contributed by atoms with Crippen molar-refractivity contribution in [1.29, 1.82) is 0 Å². The zero-order valence-corrected chi connectivity index (χ0v) is 16.5. The molecule has 0 N–H and O–H groups in total. The van der Waals surface area contributed by atoms with Gasteiger partial charge >= 0.3 is 0 Å². The normalized spacial score (nSPS) is 36.2. The predicted molar refractivity (Wildman–Crippen MR) is 104 cm³/mol. The predicted octanol–water partition coefficient (Wildman–Crippen LogP) is 6.57. The highest BCUT2D eigenvalue weighted by atomic mass is 19.1. The molecule has 148 valence electrons. The fourth-order valence-electron chi connectivity index (χ4n) is 4.86. The summed E-state index contributed by atoms with van der Waals surface area (Å²) < 4.78 is 25.0. The van der Waals surface area contributed by atoms with E-state index in [2.05, 4.69) is 19.1 Å². The molecule has 3 aliphatic rings. The maximum absolute atomic E-state index is 13.2. The van der Waals surface area contributed by atoms with Crippen molar-refractivity contribution in [3.63, 3.8) is 0 Å². The van der Waals surface area contributed by atoms with Crippen molar-refractivity contribution in [3.05, 3.63) is 24.1 Å². The SMILES string of the molecule is CCC/C=C/C1COC(CCC2CCC(C3CC=C(F)CC3)CC2)OC1. The molecule has 0 aromatic heterocycles. The topological polar surface area (TPSA) is 18.5 Å². The van der Waals surface area contributed by atoms with Crippen molar-refractivity contribution < 1.29 is 13.9 Å². The summed E-state index contributed by atoms with van der Waals surface area (Å²) in [7, 11) is 0. The highest BCUT2D eigenvalue weighted by molar-refractivity contribution is 4.99. The van der Waals surface area contributed by atoms with E-state index in [1.807, 2.05) is 6.08 Å².